The summed E-state index contributed by atoms with van der Waals surface area (Å²) in [4.78, 5) is 0. The molecule has 1 aliphatic rings. The van der Waals surface area contributed by atoms with Gasteiger partial charge in [-0.3, -0.25) is 0 Å². The fraction of sp³-hybridized carbons (Fsp3) is 0.455. The smallest absolute Gasteiger partial charge is 0.105 e. The van der Waals surface area contributed by atoms with E-state index in [1.807, 2.05) is 0 Å². The van der Waals surface area contributed by atoms with E-state index in [-0.39, 0.29) is 12.0 Å². The normalized spacial score (nSPS) is 18.5. The molecule has 1 atom stereocenters. The van der Waals surface area contributed by atoms with Crippen molar-refractivity contribution in [3.05, 3.63) is 71.8 Å². The van der Waals surface area contributed by atoms with Crippen LogP contribution in [0.25, 0.3) is 0 Å². The summed E-state index contributed by atoms with van der Waals surface area (Å²) in [5.74, 6) is 0.263. The number of aliphatic hydroxyl groups is 1. The van der Waals surface area contributed by atoms with Gasteiger partial charge in [-0.25, -0.2) is 0 Å². The van der Waals surface area contributed by atoms with Gasteiger partial charge in [-0.05, 0) is 36.8 Å². The minimum atomic E-state index is -0.265. The van der Waals surface area contributed by atoms with E-state index in [2.05, 4.69) is 67.7 Å². The molecule has 0 aliphatic carbocycles. The number of hydrogen-bond donors (Lipinski definition) is 1. The standard InChI is InChI=1S/C22H30NO/c1-23(15-9-4-10-16-23)18-21(24)17-22(19-11-5-2-6-12-19)20-13-7-3-8-14-20/h2-3,5-8,11-14,21-22,24H,4,9-10,15-18H2,1H3/q+1. The summed E-state index contributed by atoms with van der Waals surface area (Å²) in [6, 6.07) is 21.2. The van der Waals surface area contributed by atoms with Crippen LogP contribution in [0, 0.1) is 0 Å². The van der Waals surface area contributed by atoms with Gasteiger partial charge >= 0.3 is 0 Å². The predicted molar refractivity (Wildman–Crippen MR) is 100.0 cm³/mol. The van der Waals surface area contributed by atoms with Gasteiger partial charge in [0.25, 0.3) is 0 Å². The molecule has 0 aromatic heterocycles. The number of likely N-dealkylation sites (tertiary alicyclic amines) is 1. The molecule has 0 bridgehead atoms. The molecule has 2 aromatic carbocycles. The molecule has 128 valence electrons. The number of aliphatic hydroxyl groups excluding tert-OH is 1. The Morgan fingerprint density at radius 3 is 1.83 bits per heavy atom. The monoisotopic (exact) mass is 324 g/mol. The summed E-state index contributed by atoms with van der Waals surface area (Å²) in [5, 5.41) is 10.8. The minimum absolute atomic E-state index is 0.263. The maximum Gasteiger partial charge on any atom is 0.105 e. The summed E-state index contributed by atoms with van der Waals surface area (Å²) < 4.78 is 1.03. The van der Waals surface area contributed by atoms with E-state index in [1.165, 1.54) is 43.5 Å². The Labute approximate surface area is 146 Å². The van der Waals surface area contributed by atoms with Crippen LogP contribution in [0.5, 0.6) is 0 Å². The number of nitrogens with zero attached hydrogens (tertiary/aromatic N) is 1. The fourth-order valence-electron chi connectivity index (χ4n) is 4.15. The van der Waals surface area contributed by atoms with Crippen LogP contribution in [0.2, 0.25) is 0 Å². The van der Waals surface area contributed by atoms with Gasteiger partial charge in [0.1, 0.15) is 12.6 Å². The maximum atomic E-state index is 10.8. The van der Waals surface area contributed by atoms with E-state index in [4.69, 9.17) is 0 Å². The molecule has 2 aromatic rings. The topological polar surface area (TPSA) is 20.2 Å². The van der Waals surface area contributed by atoms with Gasteiger partial charge in [-0.15, -0.1) is 0 Å². The number of benzene rings is 2. The summed E-state index contributed by atoms with van der Waals surface area (Å²) in [6.45, 7) is 3.28. The number of hydrogen-bond acceptors (Lipinski definition) is 1. The number of quaternary nitrogens is 1. The van der Waals surface area contributed by atoms with Gasteiger partial charge < -0.3 is 9.59 Å². The zero-order chi connectivity index (χ0) is 16.8. The summed E-state index contributed by atoms with van der Waals surface area (Å²) in [5.41, 5.74) is 2.59. The number of piperidine rings is 1. The van der Waals surface area contributed by atoms with Crippen molar-refractivity contribution in [2.75, 3.05) is 26.7 Å². The van der Waals surface area contributed by atoms with E-state index in [0.29, 0.717) is 0 Å². The van der Waals surface area contributed by atoms with E-state index < -0.39 is 0 Å². The van der Waals surface area contributed by atoms with Crippen LogP contribution in [0.3, 0.4) is 0 Å². The molecule has 1 fully saturated rings. The molecule has 0 saturated carbocycles. The number of rotatable bonds is 6. The molecule has 0 spiro atoms. The van der Waals surface area contributed by atoms with Gasteiger partial charge in [-0.1, -0.05) is 60.7 Å². The van der Waals surface area contributed by atoms with Gasteiger partial charge in [0.15, 0.2) is 0 Å². The van der Waals surface area contributed by atoms with Crippen LogP contribution >= 0.6 is 0 Å². The highest BCUT2D eigenvalue weighted by atomic mass is 16.3. The first-order valence-corrected chi connectivity index (χ1v) is 9.28. The first kappa shape index (κ1) is 17.2. The van der Waals surface area contributed by atoms with Gasteiger partial charge in [0.2, 0.25) is 0 Å². The van der Waals surface area contributed by atoms with Gasteiger partial charge in [0, 0.05) is 5.92 Å². The third-order valence-electron chi connectivity index (χ3n) is 5.46. The molecule has 2 heteroatoms. The largest absolute Gasteiger partial charge is 0.387 e. The van der Waals surface area contributed by atoms with Crippen molar-refractivity contribution in [3.63, 3.8) is 0 Å². The van der Waals surface area contributed by atoms with Crippen molar-refractivity contribution >= 4 is 0 Å². The Morgan fingerprint density at radius 1 is 0.833 bits per heavy atom. The molecule has 1 aliphatic heterocycles. The Morgan fingerprint density at radius 2 is 1.33 bits per heavy atom. The molecule has 1 heterocycles. The van der Waals surface area contributed by atoms with Crippen molar-refractivity contribution in [2.45, 2.75) is 37.7 Å². The van der Waals surface area contributed by atoms with Crippen molar-refractivity contribution in [1.29, 1.82) is 0 Å². The Kier molecular flexibility index (Phi) is 5.70. The maximum absolute atomic E-state index is 10.8. The zero-order valence-corrected chi connectivity index (χ0v) is 14.8. The minimum Gasteiger partial charge on any atom is -0.387 e. The Bertz CT molecular complexity index is 565. The number of likely N-dealkylation sites (N-methyl/N-ethyl adjacent to an activating group) is 1. The average molecular weight is 324 g/mol. The SMILES string of the molecule is C[N+]1(CC(O)CC(c2ccccc2)c2ccccc2)CCCCC1. The van der Waals surface area contributed by atoms with E-state index in [1.54, 1.807) is 0 Å². The fourth-order valence-corrected chi connectivity index (χ4v) is 4.15. The molecular weight excluding hydrogens is 294 g/mol. The van der Waals surface area contributed by atoms with Crippen LogP contribution in [0.1, 0.15) is 42.7 Å². The van der Waals surface area contributed by atoms with E-state index >= 15 is 0 Å². The van der Waals surface area contributed by atoms with Crippen LogP contribution < -0.4 is 0 Å². The molecule has 0 radical (unpaired) electrons. The highest BCUT2D eigenvalue weighted by molar-refractivity contribution is 5.32. The Hall–Kier alpha value is -1.64. The van der Waals surface area contributed by atoms with Crippen molar-refractivity contribution in [1.82, 2.24) is 0 Å². The van der Waals surface area contributed by atoms with Crippen LogP contribution in [0.15, 0.2) is 60.7 Å². The first-order valence-electron chi connectivity index (χ1n) is 9.28. The van der Waals surface area contributed by atoms with E-state index in [0.717, 1.165) is 17.4 Å². The molecule has 3 rings (SSSR count). The van der Waals surface area contributed by atoms with Gasteiger partial charge in [0.05, 0.1) is 20.1 Å². The van der Waals surface area contributed by atoms with Crippen LogP contribution in [-0.4, -0.2) is 42.4 Å². The van der Waals surface area contributed by atoms with Gasteiger partial charge in [-0.2, -0.15) is 0 Å². The third kappa shape index (κ3) is 4.46. The molecule has 0 amide bonds. The summed E-state index contributed by atoms with van der Waals surface area (Å²) in [7, 11) is 2.31. The summed E-state index contributed by atoms with van der Waals surface area (Å²) in [6.07, 6.45) is 4.47. The lowest BCUT2D eigenvalue weighted by molar-refractivity contribution is -0.916. The molecule has 1 N–H and O–H groups in total. The van der Waals surface area contributed by atoms with E-state index in [9.17, 15) is 5.11 Å². The zero-order valence-electron chi connectivity index (χ0n) is 14.8. The highest BCUT2D eigenvalue weighted by Gasteiger charge is 2.29. The molecule has 1 unspecified atom stereocenters. The van der Waals surface area contributed by atoms with Crippen LogP contribution in [0.4, 0.5) is 0 Å². The lowest BCUT2D eigenvalue weighted by atomic mass is 9.86. The molecule has 1 saturated heterocycles. The average Bonchev–Trinajstić information content (AvgIpc) is 2.61. The first-order chi connectivity index (χ1) is 11.7. The summed E-state index contributed by atoms with van der Waals surface area (Å²) >= 11 is 0. The van der Waals surface area contributed by atoms with Crippen molar-refractivity contribution in [2.24, 2.45) is 0 Å². The molecule has 2 nitrogen and oxygen atoms in total. The van der Waals surface area contributed by atoms with Crippen molar-refractivity contribution in [3.8, 4) is 0 Å². The highest BCUT2D eigenvalue weighted by Crippen LogP contribution is 2.30. The second-order valence-corrected chi connectivity index (χ2v) is 7.57. The van der Waals surface area contributed by atoms with Crippen LogP contribution in [-0.2, 0) is 0 Å². The second-order valence-electron chi connectivity index (χ2n) is 7.57. The lowest BCUT2D eigenvalue weighted by Gasteiger charge is -2.39. The lowest BCUT2D eigenvalue weighted by Crippen LogP contribution is -2.52. The Balaban J connectivity index is 1.74. The molecule has 24 heavy (non-hydrogen) atoms. The molecular formula is C22H30NO+. The van der Waals surface area contributed by atoms with Crippen molar-refractivity contribution < 1.29 is 9.59 Å². The predicted octanol–water partition coefficient (Wildman–Crippen LogP) is 4.20. The third-order valence-corrected chi connectivity index (χ3v) is 5.46. The quantitative estimate of drug-likeness (QED) is 0.790. The second kappa shape index (κ2) is 7.96.